The van der Waals surface area contributed by atoms with Gasteiger partial charge in [0.2, 0.25) is 53.2 Å². The number of amides is 9. The minimum absolute atomic E-state index is 0.0172. The van der Waals surface area contributed by atoms with E-state index in [0.717, 1.165) is 0 Å². The monoisotopic (exact) mass is 1210 g/mol. The van der Waals surface area contributed by atoms with Crippen LogP contribution >= 0.6 is 0 Å². The Morgan fingerprint density at radius 2 is 0.765 bits per heavy atom. The summed E-state index contributed by atoms with van der Waals surface area (Å²) in [6, 6.07) is -9.65. The molecule has 0 aromatic heterocycles. The van der Waals surface area contributed by atoms with Gasteiger partial charge >= 0.3 is 35.8 Å². The average Bonchev–Trinajstić information content (AvgIpc) is 3.62. The van der Waals surface area contributed by atoms with Crippen LogP contribution in [-0.2, 0) is 78.3 Å². The number of hydrogen-bond acceptors (Lipinski definition) is 17. The summed E-state index contributed by atoms with van der Waals surface area (Å²) in [4.78, 5) is 194. The Morgan fingerprint density at radius 1 is 0.412 bits per heavy atom. The predicted molar refractivity (Wildman–Crippen MR) is 294 cm³/mol. The first-order valence-corrected chi connectivity index (χ1v) is 27.1. The van der Waals surface area contributed by atoms with Crippen LogP contribution < -0.4 is 53.6 Å². The van der Waals surface area contributed by atoms with Gasteiger partial charge in [0.05, 0.1) is 25.5 Å². The number of nitrogens with one attached hydrogen (secondary N) is 9. The Balaban J connectivity index is 3.67. The molecule has 0 aliphatic carbocycles. The number of rotatable bonds is 41. The molecular formula is C53H80N10O22. The molecule has 0 aliphatic heterocycles. The van der Waals surface area contributed by atoms with Crippen molar-refractivity contribution >= 4 is 89.0 Å². The highest BCUT2D eigenvalue weighted by atomic mass is 16.4. The van der Waals surface area contributed by atoms with E-state index >= 15 is 0 Å². The van der Waals surface area contributed by atoms with Crippen LogP contribution in [0.2, 0.25) is 0 Å². The van der Waals surface area contributed by atoms with Crippen LogP contribution in [0.3, 0.4) is 0 Å². The van der Waals surface area contributed by atoms with Crippen molar-refractivity contribution in [1.29, 1.82) is 0 Å². The van der Waals surface area contributed by atoms with E-state index in [9.17, 15) is 103 Å². The van der Waals surface area contributed by atoms with Crippen molar-refractivity contribution in [2.24, 2.45) is 23.5 Å². The summed E-state index contributed by atoms with van der Waals surface area (Å²) < 4.78 is 0. The minimum atomic E-state index is -2.16. The molecule has 1 rings (SSSR count). The number of hydrogen-bond donors (Lipinski definition) is 17. The zero-order valence-corrected chi connectivity index (χ0v) is 47.9. The molecule has 0 unspecified atom stereocenters. The largest absolute Gasteiger partial charge is 0.481 e. The van der Waals surface area contributed by atoms with E-state index < -0.39 is 220 Å². The van der Waals surface area contributed by atoms with Crippen LogP contribution in [0.4, 0.5) is 0 Å². The highest BCUT2D eigenvalue weighted by molar-refractivity contribution is 6.00. The molecule has 18 N–H and O–H groups in total. The van der Waals surface area contributed by atoms with Gasteiger partial charge in [0.25, 0.3) is 0 Å². The van der Waals surface area contributed by atoms with Crippen LogP contribution in [0.25, 0.3) is 0 Å². The van der Waals surface area contributed by atoms with E-state index in [2.05, 4.69) is 42.5 Å². The van der Waals surface area contributed by atoms with Gasteiger partial charge in [-0.25, -0.2) is 4.79 Å². The second kappa shape index (κ2) is 37.4. The summed E-state index contributed by atoms with van der Waals surface area (Å²) >= 11 is 0. The van der Waals surface area contributed by atoms with Gasteiger partial charge in [0, 0.05) is 25.7 Å². The lowest BCUT2D eigenvalue weighted by Gasteiger charge is -2.30. The fourth-order valence-corrected chi connectivity index (χ4v) is 8.03. The summed E-state index contributed by atoms with van der Waals surface area (Å²) in [6.45, 7) is 9.02. The number of nitrogens with two attached hydrogens (primary N) is 1. The molecule has 32 nitrogen and oxygen atoms in total. The number of carboxylic acids is 6. The number of carboxylic acid groups (broad SMARTS) is 6. The van der Waals surface area contributed by atoms with Crippen molar-refractivity contribution in [3.05, 3.63) is 35.9 Å². The molecule has 85 heavy (non-hydrogen) atoms. The molecule has 0 heterocycles. The first kappa shape index (κ1) is 74.2. The molecule has 0 radical (unpaired) electrons. The van der Waals surface area contributed by atoms with Crippen molar-refractivity contribution < 1.29 is 108 Å². The SMILES string of the molecule is CC[C@H](C)[C@H](NC(=O)[C@H](CCC(=O)O)NC(=O)[C@H](Cc1ccccc1)NC(=O)[C@H](CC(=O)O)NC(=O)[C@H](CCC(=O)O)NC(=O)[C@H](CC(=O)O)NC(=O)[C@@H](N)CCC(=O)O)C(=O)N[C@@H](CC(C)C)C(=O)N[C@@H](CO)C(=O)N[C@@H](CC(C)C)C(=O)O. The zero-order chi connectivity index (χ0) is 64.8. The summed E-state index contributed by atoms with van der Waals surface area (Å²) in [7, 11) is 0. The number of carbonyl (C=O) groups is 15. The molecule has 0 aliphatic rings. The lowest BCUT2D eigenvalue weighted by molar-refractivity contribution is -0.143. The molecule has 0 bridgehead atoms. The molecule has 11 atom stereocenters. The number of aliphatic carboxylic acids is 6. The molecule has 0 saturated heterocycles. The fourth-order valence-electron chi connectivity index (χ4n) is 8.03. The Kier molecular flexibility index (Phi) is 32.7. The third-order valence-electron chi connectivity index (χ3n) is 12.8. The smallest absolute Gasteiger partial charge is 0.326 e. The van der Waals surface area contributed by atoms with Crippen molar-refractivity contribution in [3.8, 4) is 0 Å². The predicted octanol–water partition coefficient (Wildman–Crippen LogP) is -3.32. The molecule has 0 saturated carbocycles. The van der Waals surface area contributed by atoms with Gasteiger partial charge in [-0.05, 0) is 55.4 Å². The van der Waals surface area contributed by atoms with Gasteiger partial charge < -0.3 is 89.3 Å². The molecule has 9 amide bonds. The lowest BCUT2D eigenvalue weighted by atomic mass is 9.96. The van der Waals surface area contributed by atoms with Gasteiger partial charge in [-0.15, -0.1) is 0 Å². The van der Waals surface area contributed by atoms with Gasteiger partial charge in [-0.2, -0.15) is 0 Å². The normalized spacial score (nSPS) is 14.9. The van der Waals surface area contributed by atoms with Gasteiger partial charge in [-0.3, -0.25) is 67.1 Å². The summed E-state index contributed by atoms with van der Waals surface area (Å²) in [5.74, 6) is -21.0. The summed E-state index contributed by atoms with van der Waals surface area (Å²) in [6.07, 6.45) is -6.79. The van der Waals surface area contributed by atoms with E-state index in [4.69, 9.17) is 10.8 Å². The molecular weight excluding hydrogens is 1130 g/mol. The van der Waals surface area contributed by atoms with E-state index in [1.807, 2.05) is 5.32 Å². The highest BCUT2D eigenvalue weighted by Crippen LogP contribution is 2.14. The molecule has 0 fully saturated rings. The fraction of sp³-hybridized carbons (Fsp3) is 0.604. The Morgan fingerprint density at radius 3 is 1.20 bits per heavy atom. The molecule has 1 aromatic carbocycles. The topological polar surface area (TPSA) is 532 Å². The van der Waals surface area contributed by atoms with Crippen molar-refractivity contribution in [2.45, 2.75) is 179 Å². The first-order chi connectivity index (χ1) is 39.7. The standard InChI is InChI=1S/C53H80N10O22/c1-7-27(6)43(52(83)60-32(19-25(2)3)47(78)62-37(24-64)51(82)61-36(53(84)85)20-26(4)5)63-46(77)31(15-18-40(69)70)56-48(79)33(21-28-11-9-8-10-12-28)58-50(81)35(23-42(73)74)59-45(76)30(14-17-39(67)68)55-49(80)34(22-41(71)72)57-44(75)29(54)13-16-38(65)66/h8-12,25-27,29-37,43,64H,7,13-24,54H2,1-6H3,(H,55,80)(H,56,79)(H,57,75)(H,58,81)(H,59,76)(H,60,83)(H,61,82)(H,62,78)(H,63,77)(H,65,66)(H,67,68)(H,69,70)(H,71,72)(H,73,74)(H,84,85)/t27-,29-,30-,31-,32-,33-,34-,35-,36-,37-,43-/m0/s1. The Hall–Kier alpha value is -8.81. The maximum atomic E-state index is 14.4. The maximum Gasteiger partial charge on any atom is 0.326 e. The number of benzene rings is 1. The van der Waals surface area contributed by atoms with E-state index in [0.29, 0.717) is 5.56 Å². The third-order valence-corrected chi connectivity index (χ3v) is 12.8. The first-order valence-electron chi connectivity index (χ1n) is 27.1. The van der Waals surface area contributed by atoms with Crippen molar-refractivity contribution in [2.75, 3.05) is 6.61 Å². The van der Waals surface area contributed by atoms with E-state index in [-0.39, 0.29) is 31.1 Å². The minimum Gasteiger partial charge on any atom is -0.481 e. The second-order valence-corrected chi connectivity index (χ2v) is 20.9. The molecule has 1 aromatic rings. The third kappa shape index (κ3) is 28.8. The zero-order valence-electron chi connectivity index (χ0n) is 47.9. The Labute approximate surface area is 488 Å². The van der Waals surface area contributed by atoms with E-state index in [1.54, 1.807) is 40.7 Å². The lowest BCUT2D eigenvalue weighted by Crippen LogP contribution is -2.62. The molecule has 474 valence electrons. The van der Waals surface area contributed by atoms with Crippen LogP contribution in [0.1, 0.15) is 118 Å². The summed E-state index contributed by atoms with van der Waals surface area (Å²) in [5.41, 5.74) is 6.03. The van der Waals surface area contributed by atoms with Crippen LogP contribution in [0.5, 0.6) is 0 Å². The van der Waals surface area contributed by atoms with Gasteiger partial charge in [0.15, 0.2) is 0 Å². The van der Waals surface area contributed by atoms with Crippen molar-refractivity contribution in [1.82, 2.24) is 47.9 Å². The molecule has 32 heteroatoms. The van der Waals surface area contributed by atoms with Crippen LogP contribution in [0.15, 0.2) is 30.3 Å². The summed E-state index contributed by atoms with van der Waals surface area (Å²) in [5, 5.41) is 87.5. The quantitative estimate of drug-likeness (QED) is 0.0305. The maximum absolute atomic E-state index is 14.4. The number of aliphatic hydroxyl groups is 1. The van der Waals surface area contributed by atoms with E-state index in [1.165, 1.54) is 31.2 Å². The second-order valence-electron chi connectivity index (χ2n) is 20.9. The van der Waals surface area contributed by atoms with Gasteiger partial charge in [-0.1, -0.05) is 78.3 Å². The van der Waals surface area contributed by atoms with Crippen LogP contribution in [0, 0.1) is 17.8 Å². The van der Waals surface area contributed by atoms with Crippen molar-refractivity contribution in [3.63, 3.8) is 0 Å². The van der Waals surface area contributed by atoms with Gasteiger partial charge in [0.1, 0.15) is 54.4 Å². The average molecular weight is 1210 g/mol. The number of aliphatic hydroxyl groups excluding tert-OH is 1. The number of carbonyl (C=O) groups excluding carboxylic acids is 9. The molecule has 0 spiro atoms. The van der Waals surface area contributed by atoms with Crippen LogP contribution in [-0.4, -0.2) is 192 Å². The Bertz CT molecular complexity index is 2530. The highest BCUT2D eigenvalue weighted by Gasteiger charge is 2.38.